The molecule has 156 valence electrons. The Bertz CT molecular complexity index is 806. The number of benzene rings is 1. The Labute approximate surface area is 167 Å². The van der Waals surface area contributed by atoms with E-state index in [0.717, 1.165) is 0 Å². The fraction of sp³-hybridized carbons (Fsp3) is 0.579. The van der Waals surface area contributed by atoms with Crippen LogP contribution in [0.5, 0.6) is 0 Å². The fourth-order valence-corrected chi connectivity index (χ4v) is 4.54. The number of nitrogens with one attached hydrogen (secondary N) is 2. The van der Waals surface area contributed by atoms with Crippen LogP contribution < -0.4 is 10.6 Å². The van der Waals surface area contributed by atoms with Gasteiger partial charge in [0.05, 0.1) is 17.5 Å². The number of carbonyl (C=O) groups is 2. The highest BCUT2D eigenvalue weighted by atomic mass is 32.2. The SMILES string of the molecule is CC(C)C1C(=O)NCCN1CC(=O)Nc1ccc(S(=O)(=O)N(C)C(C)C)cc1. The molecule has 1 aliphatic rings. The molecule has 1 saturated heterocycles. The van der Waals surface area contributed by atoms with Crippen LogP contribution in [0.15, 0.2) is 29.2 Å². The topological polar surface area (TPSA) is 98.8 Å². The number of nitrogens with zero attached hydrogens (tertiary/aromatic N) is 2. The normalized spacial score (nSPS) is 18.6. The van der Waals surface area contributed by atoms with Crippen LogP contribution in [0.1, 0.15) is 27.7 Å². The zero-order valence-electron chi connectivity index (χ0n) is 17.1. The molecule has 2 N–H and O–H groups in total. The molecular formula is C19H30N4O4S. The molecule has 1 unspecified atom stereocenters. The molecule has 9 heteroatoms. The molecular weight excluding hydrogens is 380 g/mol. The van der Waals surface area contributed by atoms with E-state index >= 15 is 0 Å². The van der Waals surface area contributed by atoms with Crippen molar-refractivity contribution in [2.75, 3.05) is 32.0 Å². The lowest BCUT2D eigenvalue weighted by molar-refractivity contribution is -0.132. The molecule has 0 bridgehead atoms. The van der Waals surface area contributed by atoms with Gasteiger partial charge in [-0.05, 0) is 44.0 Å². The van der Waals surface area contributed by atoms with Crippen molar-refractivity contribution in [2.24, 2.45) is 5.92 Å². The lowest BCUT2D eigenvalue weighted by Crippen LogP contribution is -2.58. The van der Waals surface area contributed by atoms with E-state index in [1.54, 1.807) is 26.0 Å². The van der Waals surface area contributed by atoms with Crippen LogP contribution >= 0.6 is 0 Å². The largest absolute Gasteiger partial charge is 0.353 e. The Morgan fingerprint density at radius 2 is 1.86 bits per heavy atom. The monoisotopic (exact) mass is 410 g/mol. The van der Waals surface area contributed by atoms with Crippen molar-refractivity contribution in [3.63, 3.8) is 0 Å². The van der Waals surface area contributed by atoms with Gasteiger partial charge in [0.25, 0.3) is 0 Å². The van der Waals surface area contributed by atoms with Gasteiger partial charge >= 0.3 is 0 Å². The van der Waals surface area contributed by atoms with Gasteiger partial charge in [-0.3, -0.25) is 14.5 Å². The molecule has 28 heavy (non-hydrogen) atoms. The van der Waals surface area contributed by atoms with E-state index in [9.17, 15) is 18.0 Å². The molecule has 8 nitrogen and oxygen atoms in total. The minimum Gasteiger partial charge on any atom is -0.353 e. The summed E-state index contributed by atoms with van der Waals surface area (Å²) in [5.74, 6) is -0.205. The van der Waals surface area contributed by atoms with Crippen molar-refractivity contribution in [1.82, 2.24) is 14.5 Å². The molecule has 2 amide bonds. The van der Waals surface area contributed by atoms with Gasteiger partial charge in [0.2, 0.25) is 21.8 Å². The zero-order valence-corrected chi connectivity index (χ0v) is 17.9. The van der Waals surface area contributed by atoms with Crippen molar-refractivity contribution in [2.45, 2.75) is 44.7 Å². The number of anilines is 1. The smallest absolute Gasteiger partial charge is 0.243 e. The molecule has 0 saturated carbocycles. The van der Waals surface area contributed by atoms with Gasteiger partial charge in [-0.1, -0.05) is 13.8 Å². The Hall–Kier alpha value is -1.97. The van der Waals surface area contributed by atoms with Gasteiger partial charge in [0, 0.05) is 31.9 Å². The molecule has 1 fully saturated rings. The second-order valence-corrected chi connectivity index (χ2v) is 9.64. The maximum Gasteiger partial charge on any atom is 0.243 e. The molecule has 2 rings (SSSR count). The summed E-state index contributed by atoms with van der Waals surface area (Å²) in [6, 6.07) is 5.62. The molecule has 1 aromatic carbocycles. The predicted molar refractivity (Wildman–Crippen MR) is 108 cm³/mol. The highest BCUT2D eigenvalue weighted by Crippen LogP contribution is 2.19. The van der Waals surface area contributed by atoms with E-state index in [-0.39, 0.29) is 41.3 Å². The van der Waals surface area contributed by atoms with Crippen molar-refractivity contribution in [3.05, 3.63) is 24.3 Å². The van der Waals surface area contributed by atoms with E-state index in [0.29, 0.717) is 18.8 Å². The maximum absolute atomic E-state index is 12.5. The van der Waals surface area contributed by atoms with Crippen LogP contribution in [0.4, 0.5) is 5.69 Å². The van der Waals surface area contributed by atoms with Crippen molar-refractivity contribution < 1.29 is 18.0 Å². The standard InChI is InChI=1S/C19H30N4O4S/c1-13(2)18-19(25)20-10-11-23(18)12-17(24)21-15-6-8-16(9-7-15)28(26,27)22(5)14(3)4/h6-9,13-14,18H,10-12H2,1-5H3,(H,20,25)(H,21,24). The number of piperazine rings is 1. The second-order valence-electron chi connectivity index (χ2n) is 7.64. The Morgan fingerprint density at radius 3 is 2.39 bits per heavy atom. The molecule has 1 heterocycles. The summed E-state index contributed by atoms with van der Waals surface area (Å²) in [5, 5.41) is 5.60. The maximum atomic E-state index is 12.5. The third-order valence-electron chi connectivity index (χ3n) is 4.88. The first-order valence-electron chi connectivity index (χ1n) is 9.43. The summed E-state index contributed by atoms with van der Waals surface area (Å²) >= 11 is 0. The van der Waals surface area contributed by atoms with Gasteiger partial charge in [0.15, 0.2) is 0 Å². The Morgan fingerprint density at radius 1 is 1.25 bits per heavy atom. The number of amides is 2. The average Bonchev–Trinajstić information content (AvgIpc) is 2.61. The highest BCUT2D eigenvalue weighted by Gasteiger charge is 2.33. The molecule has 1 atom stereocenters. The number of sulfonamides is 1. The van der Waals surface area contributed by atoms with E-state index in [2.05, 4.69) is 10.6 Å². The minimum atomic E-state index is -3.56. The first kappa shape index (κ1) is 22.3. The lowest BCUT2D eigenvalue weighted by atomic mass is 10.00. The summed E-state index contributed by atoms with van der Waals surface area (Å²) in [5.41, 5.74) is 0.513. The second kappa shape index (κ2) is 9.02. The molecule has 0 aliphatic carbocycles. The van der Waals surface area contributed by atoms with E-state index in [1.807, 2.05) is 18.7 Å². The van der Waals surface area contributed by atoms with Gasteiger partial charge in [0.1, 0.15) is 0 Å². The summed E-state index contributed by atoms with van der Waals surface area (Å²) < 4.78 is 26.3. The van der Waals surface area contributed by atoms with Crippen molar-refractivity contribution >= 4 is 27.5 Å². The number of hydrogen-bond donors (Lipinski definition) is 2. The first-order valence-corrected chi connectivity index (χ1v) is 10.9. The van der Waals surface area contributed by atoms with Gasteiger partial charge in [-0.15, -0.1) is 0 Å². The third kappa shape index (κ3) is 5.09. The van der Waals surface area contributed by atoms with Gasteiger partial charge < -0.3 is 10.6 Å². The quantitative estimate of drug-likeness (QED) is 0.702. The summed E-state index contributed by atoms with van der Waals surface area (Å²) in [6.07, 6.45) is 0. The average molecular weight is 411 g/mol. The summed E-state index contributed by atoms with van der Waals surface area (Å²) in [6.45, 7) is 8.74. The molecule has 1 aliphatic heterocycles. The van der Waals surface area contributed by atoms with Crippen LogP contribution in [0, 0.1) is 5.92 Å². The van der Waals surface area contributed by atoms with Gasteiger partial charge in [-0.2, -0.15) is 4.31 Å². The van der Waals surface area contributed by atoms with Crippen molar-refractivity contribution in [1.29, 1.82) is 0 Å². The van der Waals surface area contributed by atoms with E-state index in [4.69, 9.17) is 0 Å². The summed E-state index contributed by atoms with van der Waals surface area (Å²) in [7, 11) is -2.02. The Kier molecular flexibility index (Phi) is 7.19. The summed E-state index contributed by atoms with van der Waals surface area (Å²) in [4.78, 5) is 26.5. The van der Waals surface area contributed by atoms with Crippen LogP contribution in [-0.4, -0.2) is 68.2 Å². The number of carbonyl (C=O) groups excluding carboxylic acids is 2. The van der Waals surface area contributed by atoms with Crippen LogP contribution in [-0.2, 0) is 19.6 Å². The van der Waals surface area contributed by atoms with Gasteiger partial charge in [-0.25, -0.2) is 8.42 Å². The minimum absolute atomic E-state index is 0.0575. The Balaban J connectivity index is 2.04. The number of rotatable bonds is 7. The number of hydrogen-bond acceptors (Lipinski definition) is 5. The molecule has 0 spiro atoms. The fourth-order valence-electron chi connectivity index (χ4n) is 3.17. The highest BCUT2D eigenvalue weighted by molar-refractivity contribution is 7.89. The van der Waals surface area contributed by atoms with Crippen LogP contribution in [0.25, 0.3) is 0 Å². The molecule has 1 aromatic rings. The predicted octanol–water partition coefficient (Wildman–Crippen LogP) is 1.11. The molecule has 0 radical (unpaired) electrons. The molecule has 0 aromatic heterocycles. The van der Waals surface area contributed by atoms with E-state index in [1.165, 1.54) is 23.5 Å². The van der Waals surface area contributed by atoms with E-state index < -0.39 is 10.0 Å². The zero-order chi connectivity index (χ0) is 21.1. The lowest BCUT2D eigenvalue weighted by Gasteiger charge is -2.36. The first-order chi connectivity index (χ1) is 13.0. The van der Waals surface area contributed by atoms with Crippen LogP contribution in [0.3, 0.4) is 0 Å². The van der Waals surface area contributed by atoms with Crippen LogP contribution in [0.2, 0.25) is 0 Å². The third-order valence-corrected chi connectivity index (χ3v) is 6.93. The van der Waals surface area contributed by atoms with Crippen molar-refractivity contribution in [3.8, 4) is 0 Å².